The minimum absolute atomic E-state index is 0.193. The Morgan fingerprint density at radius 2 is 2.00 bits per heavy atom. The van der Waals surface area contributed by atoms with Crippen molar-refractivity contribution < 1.29 is 9.84 Å². The summed E-state index contributed by atoms with van der Waals surface area (Å²) in [7, 11) is 2.14. The van der Waals surface area contributed by atoms with Crippen molar-refractivity contribution in [1.29, 1.82) is 0 Å². The number of ether oxygens (including phenoxy) is 1. The lowest BCUT2D eigenvalue weighted by Crippen LogP contribution is -2.36. The second-order valence-corrected chi connectivity index (χ2v) is 6.42. The molecule has 2 rings (SSSR count). The van der Waals surface area contributed by atoms with E-state index >= 15 is 0 Å². The summed E-state index contributed by atoms with van der Waals surface area (Å²) in [4.78, 5) is 2.30. The first-order valence-electron chi connectivity index (χ1n) is 7.64. The molecule has 0 amide bonds. The molecule has 3 heteroatoms. The molecule has 2 fully saturated rings. The van der Waals surface area contributed by atoms with Gasteiger partial charge < -0.3 is 14.7 Å². The van der Waals surface area contributed by atoms with Crippen LogP contribution in [0.25, 0.3) is 0 Å². The quantitative estimate of drug-likeness (QED) is 0.819. The molecular weight excluding hydrogens is 226 g/mol. The molecule has 3 nitrogen and oxygen atoms in total. The van der Waals surface area contributed by atoms with E-state index in [0.29, 0.717) is 6.10 Å². The van der Waals surface area contributed by atoms with Gasteiger partial charge >= 0.3 is 0 Å². The fourth-order valence-corrected chi connectivity index (χ4v) is 3.43. The van der Waals surface area contributed by atoms with Gasteiger partial charge in [-0.15, -0.1) is 0 Å². The second kappa shape index (κ2) is 6.36. The van der Waals surface area contributed by atoms with E-state index in [0.717, 1.165) is 19.5 Å². The van der Waals surface area contributed by atoms with Crippen LogP contribution in [-0.2, 0) is 4.74 Å². The van der Waals surface area contributed by atoms with Crippen molar-refractivity contribution in [1.82, 2.24) is 4.90 Å². The van der Waals surface area contributed by atoms with Crippen molar-refractivity contribution in [3.05, 3.63) is 0 Å². The zero-order chi connectivity index (χ0) is 13.0. The fourth-order valence-electron chi connectivity index (χ4n) is 3.43. The lowest BCUT2D eigenvalue weighted by Gasteiger charge is -2.34. The molecular formula is C15H29NO2. The lowest BCUT2D eigenvalue weighted by molar-refractivity contribution is -0.0705. The summed E-state index contributed by atoms with van der Waals surface area (Å²) in [5, 5.41) is 9.30. The van der Waals surface area contributed by atoms with Gasteiger partial charge in [-0.1, -0.05) is 19.3 Å². The van der Waals surface area contributed by atoms with Crippen molar-refractivity contribution in [2.24, 2.45) is 0 Å². The molecule has 2 atom stereocenters. The number of hydrogen-bond donors (Lipinski definition) is 1. The van der Waals surface area contributed by atoms with E-state index in [4.69, 9.17) is 4.74 Å². The highest BCUT2D eigenvalue weighted by Crippen LogP contribution is 2.41. The van der Waals surface area contributed by atoms with Crippen LogP contribution in [0.1, 0.15) is 58.3 Å². The average Bonchev–Trinajstić information content (AvgIpc) is 2.70. The Morgan fingerprint density at radius 3 is 2.67 bits per heavy atom. The highest BCUT2D eigenvalue weighted by Gasteiger charge is 2.40. The minimum atomic E-state index is -0.193. The second-order valence-electron chi connectivity index (χ2n) is 6.42. The third-order valence-electron chi connectivity index (χ3n) is 4.55. The Bertz CT molecular complexity index is 249. The van der Waals surface area contributed by atoms with Crippen LogP contribution in [-0.4, -0.2) is 48.0 Å². The molecule has 2 unspecified atom stereocenters. The molecule has 18 heavy (non-hydrogen) atoms. The SMILES string of the molecule is CC(O)CCN(C)CC1CCC2(CCCCC2)O1. The van der Waals surface area contributed by atoms with Gasteiger partial charge in [-0.2, -0.15) is 0 Å². The summed E-state index contributed by atoms with van der Waals surface area (Å²) >= 11 is 0. The van der Waals surface area contributed by atoms with E-state index in [-0.39, 0.29) is 11.7 Å². The Hall–Kier alpha value is -0.120. The molecule has 1 saturated carbocycles. The highest BCUT2D eigenvalue weighted by atomic mass is 16.5. The smallest absolute Gasteiger partial charge is 0.0710 e. The number of aliphatic hydroxyl groups excluding tert-OH is 1. The molecule has 106 valence electrons. The Balaban J connectivity index is 1.71. The largest absolute Gasteiger partial charge is 0.393 e. The van der Waals surface area contributed by atoms with Gasteiger partial charge in [0.05, 0.1) is 17.8 Å². The molecule has 1 aliphatic carbocycles. The summed E-state index contributed by atoms with van der Waals surface area (Å²) in [6.45, 7) is 3.84. The van der Waals surface area contributed by atoms with Gasteiger partial charge in [0.15, 0.2) is 0 Å². The van der Waals surface area contributed by atoms with E-state index < -0.39 is 0 Å². The van der Waals surface area contributed by atoms with Crippen LogP contribution in [0.4, 0.5) is 0 Å². The maximum atomic E-state index is 9.30. The van der Waals surface area contributed by atoms with Crippen LogP contribution < -0.4 is 0 Å². The first-order chi connectivity index (χ1) is 8.60. The molecule has 0 bridgehead atoms. The topological polar surface area (TPSA) is 32.7 Å². The van der Waals surface area contributed by atoms with E-state index in [1.807, 2.05) is 6.92 Å². The number of aliphatic hydroxyl groups is 1. The van der Waals surface area contributed by atoms with E-state index in [1.54, 1.807) is 0 Å². The number of nitrogens with zero attached hydrogens (tertiary/aromatic N) is 1. The van der Waals surface area contributed by atoms with Gasteiger partial charge in [0, 0.05) is 13.1 Å². The third kappa shape index (κ3) is 3.94. The molecule has 0 aromatic carbocycles. The van der Waals surface area contributed by atoms with Crippen LogP contribution in [0.15, 0.2) is 0 Å². The molecule has 1 saturated heterocycles. The third-order valence-corrected chi connectivity index (χ3v) is 4.55. The summed E-state index contributed by atoms with van der Waals surface area (Å²) in [6.07, 6.45) is 10.2. The molecule has 1 spiro atoms. The van der Waals surface area contributed by atoms with Gasteiger partial charge in [0.1, 0.15) is 0 Å². The van der Waals surface area contributed by atoms with Gasteiger partial charge in [-0.25, -0.2) is 0 Å². The summed E-state index contributed by atoms with van der Waals surface area (Å²) in [5.74, 6) is 0. The Morgan fingerprint density at radius 1 is 1.28 bits per heavy atom. The number of likely N-dealkylation sites (N-methyl/N-ethyl adjacent to an activating group) is 1. The highest BCUT2D eigenvalue weighted by molar-refractivity contribution is 4.91. The summed E-state index contributed by atoms with van der Waals surface area (Å²) in [5.41, 5.74) is 0.244. The first kappa shape index (κ1) is 14.3. The van der Waals surface area contributed by atoms with E-state index in [9.17, 15) is 5.11 Å². The molecule has 1 N–H and O–H groups in total. The predicted molar refractivity (Wildman–Crippen MR) is 73.7 cm³/mol. The molecule has 1 aliphatic heterocycles. The fraction of sp³-hybridized carbons (Fsp3) is 1.00. The van der Waals surface area contributed by atoms with Crippen molar-refractivity contribution in [3.8, 4) is 0 Å². The van der Waals surface area contributed by atoms with Crippen LogP contribution in [0.3, 0.4) is 0 Å². The van der Waals surface area contributed by atoms with Crippen LogP contribution in [0.5, 0.6) is 0 Å². The van der Waals surface area contributed by atoms with Gasteiger partial charge in [-0.05, 0) is 46.1 Å². The van der Waals surface area contributed by atoms with E-state index in [2.05, 4.69) is 11.9 Å². The van der Waals surface area contributed by atoms with Gasteiger partial charge in [0.25, 0.3) is 0 Å². The molecule has 2 aliphatic rings. The van der Waals surface area contributed by atoms with Gasteiger partial charge in [0.2, 0.25) is 0 Å². The Kier molecular flexibility index (Phi) is 5.05. The monoisotopic (exact) mass is 255 g/mol. The number of hydrogen-bond acceptors (Lipinski definition) is 3. The average molecular weight is 255 g/mol. The summed E-state index contributed by atoms with van der Waals surface area (Å²) < 4.78 is 6.36. The predicted octanol–water partition coefficient (Wildman–Crippen LogP) is 2.57. The maximum Gasteiger partial charge on any atom is 0.0710 e. The van der Waals surface area contributed by atoms with Crippen LogP contribution in [0.2, 0.25) is 0 Å². The molecule has 0 aromatic rings. The standard InChI is InChI=1S/C15H29NO2/c1-13(17)7-11-16(2)12-14-6-10-15(18-14)8-4-3-5-9-15/h13-14,17H,3-12H2,1-2H3. The zero-order valence-electron chi connectivity index (χ0n) is 12.0. The maximum absolute atomic E-state index is 9.30. The van der Waals surface area contributed by atoms with Crippen molar-refractivity contribution in [2.75, 3.05) is 20.1 Å². The van der Waals surface area contributed by atoms with Crippen molar-refractivity contribution >= 4 is 0 Å². The zero-order valence-corrected chi connectivity index (χ0v) is 12.0. The minimum Gasteiger partial charge on any atom is -0.393 e. The summed E-state index contributed by atoms with van der Waals surface area (Å²) in [6, 6.07) is 0. The van der Waals surface area contributed by atoms with E-state index in [1.165, 1.54) is 44.9 Å². The first-order valence-corrected chi connectivity index (χ1v) is 7.64. The normalized spacial score (nSPS) is 29.0. The van der Waals surface area contributed by atoms with Gasteiger partial charge in [-0.3, -0.25) is 0 Å². The molecule has 1 heterocycles. The molecule has 0 radical (unpaired) electrons. The van der Waals surface area contributed by atoms with Crippen LogP contribution >= 0.6 is 0 Å². The molecule has 0 aromatic heterocycles. The lowest BCUT2D eigenvalue weighted by atomic mass is 9.83. The number of rotatable bonds is 5. The van der Waals surface area contributed by atoms with Crippen molar-refractivity contribution in [3.63, 3.8) is 0 Å². The Labute approximate surface area is 112 Å². The van der Waals surface area contributed by atoms with Crippen LogP contribution in [0, 0.1) is 0 Å². The van der Waals surface area contributed by atoms with Crippen molar-refractivity contribution in [2.45, 2.75) is 76.1 Å².